The van der Waals surface area contributed by atoms with Crippen LogP contribution in [-0.4, -0.2) is 34.1 Å². The summed E-state index contributed by atoms with van der Waals surface area (Å²) in [5.41, 5.74) is 1.70. The fourth-order valence-corrected chi connectivity index (χ4v) is 1.92. The standard InChI is InChI=1S/C14H22N4O/c1-4-19-13-8-7-11-14(18-13)17-12(16-11)6-5-9-15-10(2)3/h7-8,10,15H,4-6,9H2,1-3H3,(H,16,17,18). The maximum absolute atomic E-state index is 5.37. The molecule has 2 heterocycles. The lowest BCUT2D eigenvalue weighted by molar-refractivity contribution is 0.328. The summed E-state index contributed by atoms with van der Waals surface area (Å²) in [6, 6.07) is 4.37. The van der Waals surface area contributed by atoms with Crippen LogP contribution in [-0.2, 0) is 6.42 Å². The molecule has 5 heteroatoms. The molecule has 0 aliphatic rings. The van der Waals surface area contributed by atoms with Crippen LogP contribution in [0.2, 0.25) is 0 Å². The fourth-order valence-electron chi connectivity index (χ4n) is 1.92. The van der Waals surface area contributed by atoms with E-state index in [-0.39, 0.29) is 0 Å². The molecular formula is C14H22N4O. The van der Waals surface area contributed by atoms with Gasteiger partial charge >= 0.3 is 0 Å². The molecule has 0 amide bonds. The number of hydrogen-bond donors (Lipinski definition) is 2. The Hall–Kier alpha value is -1.62. The van der Waals surface area contributed by atoms with Crippen molar-refractivity contribution in [1.29, 1.82) is 0 Å². The summed E-state index contributed by atoms with van der Waals surface area (Å²) in [6.45, 7) is 7.88. The molecule has 19 heavy (non-hydrogen) atoms. The van der Waals surface area contributed by atoms with Crippen molar-refractivity contribution in [3.8, 4) is 5.88 Å². The molecule has 2 aromatic rings. The zero-order valence-electron chi connectivity index (χ0n) is 11.9. The van der Waals surface area contributed by atoms with Crippen LogP contribution in [0.5, 0.6) is 5.88 Å². The summed E-state index contributed by atoms with van der Waals surface area (Å²) in [4.78, 5) is 12.2. The smallest absolute Gasteiger partial charge is 0.215 e. The molecule has 0 fully saturated rings. The number of aromatic nitrogens is 3. The number of hydrogen-bond acceptors (Lipinski definition) is 4. The minimum Gasteiger partial charge on any atom is -0.478 e. The van der Waals surface area contributed by atoms with E-state index in [4.69, 9.17) is 4.74 Å². The largest absolute Gasteiger partial charge is 0.478 e. The molecule has 0 saturated carbocycles. The maximum atomic E-state index is 5.37. The molecule has 2 rings (SSSR count). The Kier molecular flexibility index (Phi) is 4.74. The molecule has 104 valence electrons. The van der Waals surface area contributed by atoms with Gasteiger partial charge in [0, 0.05) is 18.5 Å². The monoisotopic (exact) mass is 262 g/mol. The highest BCUT2D eigenvalue weighted by Crippen LogP contribution is 2.15. The second-order valence-electron chi connectivity index (χ2n) is 4.85. The van der Waals surface area contributed by atoms with Crippen molar-refractivity contribution in [2.24, 2.45) is 0 Å². The molecule has 0 aliphatic heterocycles. The molecule has 2 N–H and O–H groups in total. The van der Waals surface area contributed by atoms with Gasteiger partial charge in [0.15, 0.2) is 5.65 Å². The molecule has 0 aromatic carbocycles. The average molecular weight is 262 g/mol. The Morgan fingerprint density at radius 3 is 2.89 bits per heavy atom. The predicted molar refractivity (Wildman–Crippen MR) is 76.5 cm³/mol. The van der Waals surface area contributed by atoms with Crippen molar-refractivity contribution in [1.82, 2.24) is 20.3 Å². The molecule has 0 atom stereocenters. The Bertz CT molecular complexity index is 521. The first-order chi connectivity index (χ1) is 9.19. The van der Waals surface area contributed by atoms with Crippen LogP contribution in [0.15, 0.2) is 12.1 Å². The summed E-state index contributed by atoms with van der Waals surface area (Å²) in [5.74, 6) is 1.62. The highest BCUT2D eigenvalue weighted by molar-refractivity contribution is 5.71. The van der Waals surface area contributed by atoms with Gasteiger partial charge in [-0.2, -0.15) is 4.98 Å². The Morgan fingerprint density at radius 1 is 1.32 bits per heavy atom. The van der Waals surface area contributed by atoms with Gasteiger partial charge in [-0.1, -0.05) is 13.8 Å². The van der Waals surface area contributed by atoms with Gasteiger partial charge in [-0.15, -0.1) is 0 Å². The normalized spacial score (nSPS) is 11.4. The lowest BCUT2D eigenvalue weighted by Gasteiger charge is -2.06. The first kappa shape index (κ1) is 13.8. The van der Waals surface area contributed by atoms with Crippen LogP contribution in [0.1, 0.15) is 33.0 Å². The van der Waals surface area contributed by atoms with E-state index in [1.54, 1.807) is 0 Å². The summed E-state index contributed by atoms with van der Waals surface area (Å²) < 4.78 is 5.37. The van der Waals surface area contributed by atoms with Crippen LogP contribution < -0.4 is 10.1 Å². The number of aromatic amines is 1. The lowest BCUT2D eigenvalue weighted by atomic mass is 10.3. The molecule has 0 radical (unpaired) electrons. The van der Waals surface area contributed by atoms with Crippen molar-refractivity contribution in [3.63, 3.8) is 0 Å². The quantitative estimate of drug-likeness (QED) is 0.751. The SMILES string of the molecule is CCOc1ccc2[nH]c(CCCNC(C)C)nc2n1. The Labute approximate surface area is 113 Å². The van der Waals surface area contributed by atoms with Crippen LogP contribution >= 0.6 is 0 Å². The minimum atomic E-state index is 0.533. The number of imidazole rings is 1. The van der Waals surface area contributed by atoms with Crippen LogP contribution in [0.3, 0.4) is 0 Å². The third kappa shape index (κ3) is 3.92. The van der Waals surface area contributed by atoms with E-state index in [0.717, 1.165) is 36.4 Å². The second-order valence-corrected chi connectivity index (χ2v) is 4.85. The van der Waals surface area contributed by atoms with Gasteiger partial charge in [0.05, 0.1) is 12.1 Å². The van der Waals surface area contributed by atoms with E-state index in [9.17, 15) is 0 Å². The summed E-state index contributed by atoms with van der Waals surface area (Å²) in [5, 5.41) is 3.40. The minimum absolute atomic E-state index is 0.533. The number of nitrogens with one attached hydrogen (secondary N) is 2. The lowest BCUT2D eigenvalue weighted by Crippen LogP contribution is -2.24. The number of aryl methyl sites for hydroxylation is 1. The zero-order chi connectivity index (χ0) is 13.7. The van der Waals surface area contributed by atoms with E-state index >= 15 is 0 Å². The molecule has 0 saturated heterocycles. The van der Waals surface area contributed by atoms with Crippen molar-refractivity contribution in [2.75, 3.05) is 13.2 Å². The Balaban J connectivity index is 1.96. The average Bonchev–Trinajstić information content (AvgIpc) is 2.77. The van der Waals surface area contributed by atoms with Crippen LogP contribution in [0.4, 0.5) is 0 Å². The fraction of sp³-hybridized carbons (Fsp3) is 0.571. The molecule has 0 spiro atoms. The molecule has 0 bridgehead atoms. The molecule has 5 nitrogen and oxygen atoms in total. The van der Waals surface area contributed by atoms with Crippen molar-refractivity contribution in [2.45, 2.75) is 39.7 Å². The molecule has 0 aliphatic carbocycles. The molecule has 2 aromatic heterocycles. The Morgan fingerprint density at radius 2 is 2.16 bits per heavy atom. The van der Waals surface area contributed by atoms with E-state index in [1.807, 2.05) is 19.1 Å². The number of pyridine rings is 1. The van der Waals surface area contributed by atoms with Crippen LogP contribution in [0.25, 0.3) is 11.2 Å². The van der Waals surface area contributed by atoms with Gasteiger partial charge in [0.25, 0.3) is 0 Å². The third-order valence-electron chi connectivity index (χ3n) is 2.80. The number of fused-ring (bicyclic) bond motifs is 1. The van der Waals surface area contributed by atoms with E-state index < -0.39 is 0 Å². The highest BCUT2D eigenvalue weighted by Gasteiger charge is 2.05. The summed E-state index contributed by atoms with van der Waals surface area (Å²) in [7, 11) is 0. The zero-order valence-corrected chi connectivity index (χ0v) is 11.9. The number of H-pyrrole nitrogens is 1. The topological polar surface area (TPSA) is 62.8 Å². The third-order valence-corrected chi connectivity index (χ3v) is 2.80. The van der Waals surface area contributed by atoms with Gasteiger partial charge in [-0.25, -0.2) is 4.98 Å². The highest BCUT2D eigenvalue weighted by atomic mass is 16.5. The first-order valence-corrected chi connectivity index (χ1v) is 6.91. The van der Waals surface area contributed by atoms with E-state index in [0.29, 0.717) is 18.5 Å². The van der Waals surface area contributed by atoms with Crippen molar-refractivity contribution >= 4 is 11.2 Å². The summed E-state index contributed by atoms with van der Waals surface area (Å²) >= 11 is 0. The molecule has 0 unspecified atom stereocenters. The second kappa shape index (κ2) is 6.52. The van der Waals surface area contributed by atoms with Gasteiger partial charge < -0.3 is 15.0 Å². The summed E-state index contributed by atoms with van der Waals surface area (Å²) in [6.07, 6.45) is 2.00. The van der Waals surface area contributed by atoms with Gasteiger partial charge in [0.2, 0.25) is 5.88 Å². The predicted octanol–water partition coefficient (Wildman–Crippen LogP) is 2.29. The first-order valence-electron chi connectivity index (χ1n) is 6.91. The van der Waals surface area contributed by atoms with Crippen molar-refractivity contribution < 1.29 is 4.74 Å². The number of rotatable bonds is 7. The van der Waals surface area contributed by atoms with Gasteiger partial charge in [-0.3, -0.25) is 0 Å². The van der Waals surface area contributed by atoms with Gasteiger partial charge in [-0.05, 0) is 26.0 Å². The van der Waals surface area contributed by atoms with E-state index in [2.05, 4.69) is 34.1 Å². The maximum Gasteiger partial charge on any atom is 0.215 e. The van der Waals surface area contributed by atoms with Crippen molar-refractivity contribution in [3.05, 3.63) is 18.0 Å². The van der Waals surface area contributed by atoms with Crippen LogP contribution in [0, 0.1) is 0 Å². The van der Waals surface area contributed by atoms with Gasteiger partial charge in [0.1, 0.15) is 5.82 Å². The number of nitrogens with zero attached hydrogens (tertiary/aromatic N) is 2. The molecular weight excluding hydrogens is 240 g/mol. The van der Waals surface area contributed by atoms with E-state index in [1.165, 1.54) is 0 Å². The number of ether oxygens (including phenoxy) is 1.